The Kier molecular flexibility index (Phi) is 9.60. The molecule has 1 N–H and O–H groups in total. The number of benzene rings is 3. The number of likely N-dealkylation sites (tertiary alicyclic amines) is 1. The lowest BCUT2D eigenvalue weighted by molar-refractivity contribution is -0.274. The van der Waals surface area contributed by atoms with E-state index < -0.39 is 6.36 Å². The SMILES string of the molecule is N#Cc1ccc(CN2CCC(NC(=O)c3cc4ccc(OC5CCN(c6ccc(OC(F)(F)F)cc6)CC5)cc4o3)CC2I)cc1. The molecule has 2 aliphatic heterocycles. The standard InChI is InChI=1S/C34H32F3IN4O4/c35-34(36,37)46-28-9-6-26(7-10-28)41-15-12-27(13-16-41)44-29-8-5-24-17-31(45-30(24)19-29)33(43)40-25-11-14-42(32(38)18-25)21-23-3-1-22(20-39)2-4-23/h1-10,17,19,25,27,32H,11-16,18,21H2,(H,40,43). The van der Waals surface area contributed by atoms with E-state index >= 15 is 0 Å². The number of halogens is 4. The summed E-state index contributed by atoms with van der Waals surface area (Å²) in [6.07, 6.45) is -1.60. The van der Waals surface area contributed by atoms with Gasteiger partial charge in [-0.3, -0.25) is 9.69 Å². The second-order valence-corrected chi connectivity index (χ2v) is 13.0. The number of hydrogen-bond acceptors (Lipinski definition) is 7. The van der Waals surface area contributed by atoms with Gasteiger partial charge in [-0.25, -0.2) is 0 Å². The fourth-order valence-corrected chi connectivity index (χ4v) is 7.02. The topological polar surface area (TPSA) is 91.0 Å². The first-order valence-corrected chi connectivity index (χ1v) is 16.4. The average Bonchev–Trinajstić information content (AvgIpc) is 3.47. The number of ether oxygens (including phenoxy) is 2. The number of piperidine rings is 2. The minimum atomic E-state index is -4.71. The van der Waals surface area contributed by atoms with Gasteiger partial charge in [0.2, 0.25) is 0 Å². The molecule has 3 aromatic carbocycles. The van der Waals surface area contributed by atoms with E-state index in [4.69, 9.17) is 14.4 Å². The van der Waals surface area contributed by atoms with Crippen LogP contribution in [0.1, 0.15) is 47.4 Å². The van der Waals surface area contributed by atoms with Crippen molar-refractivity contribution in [3.8, 4) is 17.6 Å². The molecule has 2 saturated heterocycles. The van der Waals surface area contributed by atoms with Crippen LogP contribution in [0, 0.1) is 11.3 Å². The quantitative estimate of drug-likeness (QED) is 0.114. The van der Waals surface area contributed by atoms with Gasteiger partial charge in [0.15, 0.2) is 5.76 Å². The molecule has 12 heteroatoms. The van der Waals surface area contributed by atoms with Crippen molar-refractivity contribution in [3.05, 3.63) is 89.7 Å². The summed E-state index contributed by atoms with van der Waals surface area (Å²) in [6.45, 7) is 3.04. The van der Waals surface area contributed by atoms with Crippen LogP contribution < -0.4 is 19.7 Å². The van der Waals surface area contributed by atoms with Crippen LogP contribution in [0.4, 0.5) is 18.9 Å². The van der Waals surface area contributed by atoms with Gasteiger partial charge in [-0.15, -0.1) is 13.2 Å². The van der Waals surface area contributed by atoms with Crippen LogP contribution in [0.3, 0.4) is 0 Å². The molecule has 0 aliphatic carbocycles. The number of anilines is 1. The van der Waals surface area contributed by atoms with Crippen LogP contribution >= 0.6 is 22.6 Å². The van der Waals surface area contributed by atoms with Crippen LogP contribution in [-0.4, -0.2) is 53.0 Å². The van der Waals surface area contributed by atoms with E-state index in [1.54, 1.807) is 24.3 Å². The molecule has 1 aromatic heterocycles. The van der Waals surface area contributed by atoms with Crippen LogP contribution in [0.25, 0.3) is 11.0 Å². The van der Waals surface area contributed by atoms with Crippen molar-refractivity contribution in [1.29, 1.82) is 5.26 Å². The Morgan fingerprint density at radius 3 is 2.37 bits per heavy atom. The van der Waals surface area contributed by atoms with E-state index in [2.05, 4.69) is 48.5 Å². The van der Waals surface area contributed by atoms with Gasteiger partial charge in [0.05, 0.1) is 15.7 Å². The minimum absolute atomic E-state index is 0.0248. The van der Waals surface area contributed by atoms with Crippen LogP contribution in [0.15, 0.2) is 77.2 Å². The molecule has 4 aromatic rings. The van der Waals surface area contributed by atoms with Crippen molar-refractivity contribution in [2.45, 2.75) is 54.8 Å². The maximum absolute atomic E-state index is 13.1. The van der Waals surface area contributed by atoms with Crippen molar-refractivity contribution in [2.75, 3.05) is 24.5 Å². The van der Waals surface area contributed by atoms with Gasteiger partial charge in [0.1, 0.15) is 23.2 Å². The highest BCUT2D eigenvalue weighted by atomic mass is 127. The van der Waals surface area contributed by atoms with Gasteiger partial charge in [0.25, 0.3) is 5.91 Å². The largest absolute Gasteiger partial charge is 0.573 e. The smallest absolute Gasteiger partial charge is 0.490 e. The van der Waals surface area contributed by atoms with E-state index in [9.17, 15) is 18.0 Å². The maximum atomic E-state index is 13.1. The summed E-state index contributed by atoms with van der Waals surface area (Å²) < 4.78 is 53.7. The first kappa shape index (κ1) is 32.0. The summed E-state index contributed by atoms with van der Waals surface area (Å²) in [6, 6.07) is 23.0. The second-order valence-electron chi connectivity index (χ2n) is 11.6. The molecule has 1 amide bonds. The Hall–Kier alpha value is -3.96. The van der Waals surface area contributed by atoms with Gasteiger partial charge in [-0.05, 0) is 73.0 Å². The number of nitrogens with zero attached hydrogens (tertiary/aromatic N) is 3. The Balaban J connectivity index is 0.984. The molecule has 2 atom stereocenters. The lowest BCUT2D eigenvalue weighted by atomic mass is 10.0. The number of rotatable bonds is 8. The predicted molar refractivity (Wildman–Crippen MR) is 175 cm³/mol. The van der Waals surface area contributed by atoms with Crippen molar-refractivity contribution < 1.29 is 31.9 Å². The lowest BCUT2D eigenvalue weighted by Crippen LogP contribution is -2.47. The molecule has 0 saturated carbocycles. The number of furan rings is 1. The highest BCUT2D eigenvalue weighted by molar-refractivity contribution is 14.1. The first-order valence-electron chi connectivity index (χ1n) is 15.1. The number of carbonyl (C=O) groups excluding carboxylic acids is 1. The third kappa shape index (κ3) is 8.06. The summed E-state index contributed by atoms with van der Waals surface area (Å²) in [5.74, 6) is 0.439. The van der Waals surface area contributed by atoms with Crippen molar-refractivity contribution in [2.24, 2.45) is 0 Å². The minimum Gasteiger partial charge on any atom is -0.490 e. The fraction of sp³-hybridized carbons (Fsp3) is 0.353. The highest BCUT2D eigenvalue weighted by Crippen LogP contribution is 2.30. The molecule has 2 fully saturated rings. The van der Waals surface area contributed by atoms with E-state index in [1.165, 1.54) is 12.1 Å². The summed E-state index contributed by atoms with van der Waals surface area (Å²) in [5.41, 5.74) is 3.22. The van der Waals surface area contributed by atoms with E-state index in [1.807, 2.05) is 36.4 Å². The van der Waals surface area contributed by atoms with Crippen molar-refractivity contribution in [1.82, 2.24) is 10.2 Å². The monoisotopic (exact) mass is 744 g/mol. The molecule has 2 aliphatic rings. The fourth-order valence-electron chi connectivity index (χ4n) is 5.93. The molecule has 240 valence electrons. The summed E-state index contributed by atoms with van der Waals surface area (Å²) >= 11 is 2.43. The Morgan fingerprint density at radius 1 is 0.978 bits per heavy atom. The number of amides is 1. The zero-order valence-corrected chi connectivity index (χ0v) is 27.0. The van der Waals surface area contributed by atoms with Crippen LogP contribution in [-0.2, 0) is 6.54 Å². The zero-order valence-electron chi connectivity index (χ0n) is 24.8. The maximum Gasteiger partial charge on any atom is 0.573 e. The Labute approximate surface area is 278 Å². The third-order valence-electron chi connectivity index (χ3n) is 8.34. The number of nitriles is 1. The number of carbonyl (C=O) groups is 1. The molecule has 8 nitrogen and oxygen atoms in total. The Bertz CT molecular complexity index is 1700. The zero-order chi connectivity index (χ0) is 32.3. The lowest BCUT2D eigenvalue weighted by Gasteiger charge is -2.36. The molecule has 3 heterocycles. The molecule has 0 radical (unpaired) electrons. The van der Waals surface area contributed by atoms with E-state index in [-0.39, 0.29) is 33.6 Å². The number of hydrogen-bond donors (Lipinski definition) is 1. The van der Waals surface area contributed by atoms with E-state index in [0.717, 1.165) is 55.4 Å². The van der Waals surface area contributed by atoms with Gasteiger partial charge >= 0.3 is 6.36 Å². The molecular weight excluding hydrogens is 712 g/mol. The number of nitrogens with one attached hydrogen (secondary N) is 1. The first-order chi connectivity index (χ1) is 22.1. The summed E-state index contributed by atoms with van der Waals surface area (Å²) in [7, 11) is 0. The number of alkyl halides is 4. The van der Waals surface area contributed by atoms with Gasteiger partial charge in [-0.1, -0.05) is 34.7 Å². The Morgan fingerprint density at radius 2 is 1.70 bits per heavy atom. The van der Waals surface area contributed by atoms with Crippen molar-refractivity contribution in [3.63, 3.8) is 0 Å². The average molecular weight is 745 g/mol. The molecule has 46 heavy (non-hydrogen) atoms. The summed E-state index contributed by atoms with van der Waals surface area (Å²) in [4.78, 5) is 17.6. The van der Waals surface area contributed by atoms with E-state index in [0.29, 0.717) is 30.0 Å². The third-order valence-corrected chi connectivity index (χ3v) is 9.64. The van der Waals surface area contributed by atoms with Gasteiger partial charge < -0.3 is 24.1 Å². The van der Waals surface area contributed by atoms with Crippen LogP contribution in [0.2, 0.25) is 0 Å². The van der Waals surface area contributed by atoms with Gasteiger partial charge in [0, 0.05) is 62.2 Å². The summed E-state index contributed by atoms with van der Waals surface area (Å²) in [5, 5.41) is 13.0. The van der Waals surface area contributed by atoms with Crippen molar-refractivity contribution >= 4 is 45.2 Å². The second kappa shape index (κ2) is 13.8. The molecule has 2 unspecified atom stereocenters. The number of fused-ring (bicyclic) bond motifs is 1. The van der Waals surface area contributed by atoms with Gasteiger partial charge in [-0.2, -0.15) is 5.26 Å². The predicted octanol–water partition coefficient (Wildman–Crippen LogP) is 7.41. The highest BCUT2D eigenvalue weighted by Gasteiger charge is 2.31. The molecule has 0 bridgehead atoms. The molecule has 6 rings (SSSR count). The van der Waals surface area contributed by atoms with Crippen LogP contribution in [0.5, 0.6) is 11.5 Å². The molecule has 0 spiro atoms. The normalized spacial score (nSPS) is 19.5. The molecular formula is C34H32F3IN4O4.